The second-order valence-corrected chi connectivity index (χ2v) is 5.50. The molecule has 110 valence electrons. The maximum absolute atomic E-state index is 5.97. The lowest BCUT2D eigenvalue weighted by Crippen LogP contribution is -2.41. The van der Waals surface area contributed by atoms with E-state index in [1.807, 2.05) is 12.1 Å². The number of aliphatic imine (C=N–C) groups is 1. The van der Waals surface area contributed by atoms with Crippen molar-refractivity contribution in [2.45, 2.75) is 39.2 Å². The Morgan fingerprint density at radius 3 is 2.80 bits per heavy atom. The molecule has 1 heterocycles. The van der Waals surface area contributed by atoms with Crippen molar-refractivity contribution in [1.82, 2.24) is 4.90 Å². The average molecular weight is 274 g/mol. The van der Waals surface area contributed by atoms with Crippen LogP contribution in [0.15, 0.2) is 29.3 Å². The number of aryl methyl sites for hydroxylation is 1. The fraction of sp³-hybridized carbons (Fsp3) is 0.562. The number of hydrogen-bond donors (Lipinski definition) is 2. The van der Waals surface area contributed by atoms with Crippen molar-refractivity contribution in [1.29, 1.82) is 0 Å². The first-order chi connectivity index (χ1) is 9.69. The number of piperidine rings is 1. The van der Waals surface area contributed by atoms with Crippen LogP contribution in [0.5, 0.6) is 0 Å². The minimum atomic E-state index is 0.510. The van der Waals surface area contributed by atoms with Crippen molar-refractivity contribution >= 4 is 11.6 Å². The molecule has 1 aliphatic heterocycles. The summed E-state index contributed by atoms with van der Waals surface area (Å²) in [7, 11) is 0. The molecule has 1 aliphatic rings. The largest absolute Gasteiger partial charge is 0.370 e. The predicted molar refractivity (Wildman–Crippen MR) is 86.2 cm³/mol. The summed E-state index contributed by atoms with van der Waals surface area (Å²) in [4.78, 5) is 7.01. The summed E-state index contributed by atoms with van der Waals surface area (Å²) < 4.78 is 0. The summed E-state index contributed by atoms with van der Waals surface area (Å²) in [6.07, 6.45) is 3.85. The van der Waals surface area contributed by atoms with E-state index in [0.717, 1.165) is 18.8 Å². The van der Waals surface area contributed by atoms with Crippen LogP contribution >= 0.6 is 0 Å². The van der Waals surface area contributed by atoms with Gasteiger partial charge in [0.15, 0.2) is 5.96 Å². The average Bonchev–Trinajstić information content (AvgIpc) is 2.48. The topological polar surface area (TPSA) is 53.6 Å². The molecular formula is C16H26N4. The molecule has 20 heavy (non-hydrogen) atoms. The van der Waals surface area contributed by atoms with Gasteiger partial charge in [0.2, 0.25) is 0 Å². The smallest absolute Gasteiger partial charge is 0.193 e. The number of guanidine groups is 1. The van der Waals surface area contributed by atoms with Crippen LogP contribution in [-0.4, -0.2) is 36.5 Å². The highest BCUT2D eigenvalue weighted by atomic mass is 15.2. The van der Waals surface area contributed by atoms with Crippen molar-refractivity contribution < 1.29 is 0 Å². The number of likely N-dealkylation sites (N-methyl/N-ethyl adjacent to an activating group) is 1. The van der Waals surface area contributed by atoms with Gasteiger partial charge in [0, 0.05) is 11.7 Å². The molecule has 0 amide bonds. The first-order valence-corrected chi connectivity index (χ1v) is 7.56. The Morgan fingerprint density at radius 1 is 1.35 bits per heavy atom. The van der Waals surface area contributed by atoms with Gasteiger partial charge in [-0.2, -0.15) is 0 Å². The van der Waals surface area contributed by atoms with E-state index in [9.17, 15) is 0 Å². The van der Waals surface area contributed by atoms with E-state index in [0.29, 0.717) is 12.0 Å². The summed E-state index contributed by atoms with van der Waals surface area (Å²) in [6, 6.07) is 8.73. The van der Waals surface area contributed by atoms with Crippen molar-refractivity contribution in [3.8, 4) is 0 Å². The quantitative estimate of drug-likeness (QED) is 0.655. The summed E-state index contributed by atoms with van der Waals surface area (Å²) in [5.74, 6) is 0.510. The Labute approximate surface area is 122 Å². The number of nitrogens with two attached hydrogens (primary N) is 1. The van der Waals surface area contributed by atoms with Gasteiger partial charge in [0.1, 0.15) is 0 Å². The highest BCUT2D eigenvalue weighted by Crippen LogP contribution is 2.16. The molecular weight excluding hydrogens is 248 g/mol. The molecule has 0 radical (unpaired) electrons. The van der Waals surface area contributed by atoms with Crippen molar-refractivity contribution in [2.24, 2.45) is 10.7 Å². The summed E-state index contributed by atoms with van der Waals surface area (Å²) in [5, 5.41) is 3.15. The maximum atomic E-state index is 5.97. The molecule has 1 aromatic rings. The van der Waals surface area contributed by atoms with Gasteiger partial charge in [-0.3, -0.25) is 9.89 Å². The number of anilines is 1. The lowest BCUT2D eigenvalue weighted by atomic mass is 10.0. The van der Waals surface area contributed by atoms with Gasteiger partial charge in [-0.05, 0) is 45.0 Å². The summed E-state index contributed by atoms with van der Waals surface area (Å²) >= 11 is 0. The number of likely N-dealkylation sites (tertiary alicyclic amines) is 1. The van der Waals surface area contributed by atoms with Gasteiger partial charge in [-0.15, -0.1) is 0 Å². The van der Waals surface area contributed by atoms with Crippen molar-refractivity contribution in [3.05, 3.63) is 29.8 Å². The second-order valence-electron chi connectivity index (χ2n) is 5.50. The molecule has 0 aliphatic carbocycles. The highest BCUT2D eigenvalue weighted by molar-refractivity contribution is 5.92. The molecule has 0 aromatic heterocycles. The van der Waals surface area contributed by atoms with Crippen molar-refractivity contribution in [2.75, 3.05) is 25.0 Å². The summed E-state index contributed by atoms with van der Waals surface area (Å²) in [5.41, 5.74) is 8.20. The van der Waals surface area contributed by atoms with Crippen molar-refractivity contribution in [3.63, 3.8) is 0 Å². The Bertz CT molecular complexity index is 438. The van der Waals surface area contributed by atoms with Gasteiger partial charge in [0.25, 0.3) is 0 Å². The first kappa shape index (κ1) is 14.9. The minimum absolute atomic E-state index is 0.510. The molecule has 1 fully saturated rings. The Hall–Kier alpha value is -1.55. The van der Waals surface area contributed by atoms with Crippen LogP contribution in [-0.2, 0) is 0 Å². The van der Waals surface area contributed by atoms with Crippen LogP contribution in [0.3, 0.4) is 0 Å². The molecule has 0 bridgehead atoms. The molecule has 0 saturated carbocycles. The molecule has 3 N–H and O–H groups in total. The maximum Gasteiger partial charge on any atom is 0.193 e. The fourth-order valence-corrected chi connectivity index (χ4v) is 2.71. The van der Waals surface area contributed by atoms with Crippen LogP contribution in [0.1, 0.15) is 31.7 Å². The van der Waals surface area contributed by atoms with Crippen LogP contribution in [0.4, 0.5) is 5.69 Å². The standard InChI is InChI=1S/C16H26N4/c1-3-20-11-5-4-6-15(20)12-18-16(17)19-14-9-7-13(2)8-10-14/h7-10,15H,3-6,11-12H2,1-2H3,(H3,17,18,19). The Balaban J connectivity index is 1.88. The lowest BCUT2D eigenvalue weighted by Gasteiger charge is -2.33. The number of benzene rings is 1. The molecule has 4 heteroatoms. The predicted octanol–water partition coefficient (Wildman–Crippen LogP) is 2.60. The zero-order valence-electron chi connectivity index (χ0n) is 12.6. The van der Waals surface area contributed by atoms with E-state index in [-0.39, 0.29) is 0 Å². The van der Waals surface area contributed by atoms with E-state index in [1.165, 1.54) is 31.4 Å². The third-order valence-corrected chi connectivity index (χ3v) is 3.95. The number of hydrogen-bond acceptors (Lipinski definition) is 2. The Kier molecular flexibility index (Phi) is 5.41. The van der Waals surface area contributed by atoms with Gasteiger partial charge < -0.3 is 11.1 Å². The highest BCUT2D eigenvalue weighted by Gasteiger charge is 2.20. The number of nitrogens with zero attached hydrogens (tertiary/aromatic N) is 2. The van der Waals surface area contributed by atoms with Gasteiger partial charge in [0.05, 0.1) is 6.54 Å². The fourth-order valence-electron chi connectivity index (χ4n) is 2.71. The van der Waals surface area contributed by atoms with E-state index in [2.05, 4.69) is 41.2 Å². The molecule has 1 unspecified atom stereocenters. The van der Waals surface area contributed by atoms with Gasteiger partial charge in [-0.1, -0.05) is 31.0 Å². The molecule has 1 aromatic carbocycles. The SMILES string of the molecule is CCN1CCCCC1CN=C(N)Nc1ccc(C)cc1. The van der Waals surface area contributed by atoms with E-state index in [1.54, 1.807) is 0 Å². The van der Waals surface area contributed by atoms with Crippen LogP contribution < -0.4 is 11.1 Å². The molecule has 1 saturated heterocycles. The molecule has 2 rings (SSSR count). The minimum Gasteiger partial charge on any atom is -0.370 e. The van der Waals surface area contributed by atoms with Gasteiger partial charge >= 0.3 is 0 Å². The molecule has 0 spiro atoms. The van der Waals surface area contributed by atoms with E-state index < -0.39 is 0 Å². The van der Waals surface area contributed by atoms with Crippen LogP contribution in [0, 0.1) is 6.92 Å². The monoisotopic (exact) mass is 274 g/mol. The number of rotatable bonds is 4. The van der Waals surface area contributed by atoms with Crippen LogP contribution in [0.2, 0.25) is 0 Å². The normalized spacial score (nSPS) is 20.9. The number of nitrogens with one attached hydrogen (secondary N) is 1. The summed E-state index contributed by atoms with van der Waals surface area (Å²) in [6.45, 7) is 7.38. The lowest BCUT2D eigenvalue weighted by molar-refractivity contribution is 0.161. The third kappa shape index (κ3) is 4.23. The van der Waals surface area contributed by atoms with Gasteiger partial charge in [-0.25, -0.2) is 0 Å². The zero-order chi connectivity index (χ0) is 14.4. The van der Waals surface area contributed by atoms with E-state index in [4.69, 9.17) is 5.73 Å². The van der Waals surface area contributed by atoms with E-state index >= 15 is 0 Å². The molecule has 4 nitrogen and oxygen atoms in total. The Morgan fingerprint density at radius 2 is 2.10 bits per heavy atom. The third-order valence-electron chi connectivity index (χ3n) is 3.95. The first-order valence-electron chi connectivity index (χ1n) is 7.56. The molecule has 1 atom stereocenters. The second kappa shape index (κ2) is 7.29. The van der Waals surface area contributed by atoms with Crippen LogP contribution in [0.25, 0.3) is 0 Å². The zero-order valence-corrected chi connectivity index (χ0v) is 12.6.